The first-order valence-electron chi connectivity index (χ1n) is 8.16. The molecule has 0 amide bonds. The van der Waals surface area contributed by atoms with Crippen LogP contribution >= 0.6 is 0 Å². The molecule has 2 atom stereocenters. The maximum Gasteiger partial charge on any atom is 0.0484 e. The topological polar surface area (TPSA) is 15.3 Å². The van der Waals surface area contributed by atoms with Crippen LogP contribution in [0, 0.1) is 5.41 Å². The van der Waals surface area contributed by atoms with Crippen LogP contribution in [0.5, 0.6) is 0 Å². The number of hydrogen-bond acceptors (Lipinski definition) is 2. The monoisotopic (exact) mass is 272 g/mol. The quantitative estimate of drug-likeness (QED) is 0.904. The van der Waals surface area contributed by atoms with Crippen LogP contribution in [-0.4, -0.2) is 30.6 Å². The van der Waals surface area contributed by atoms with Gasteiger partial charge in [0.1, 0.15) is 0 Å². The first kappa shape index (κ1) is 14.1. The van der Waals surface area contributed by atoms with Gasteiger partial charge < -0.3 is 5.32 Å². The first-order chi connectivity index (χ1) is 9.61. The first-order valence-corrected chi connectivity index (χ1v) is 8.16. The normalized spacial score (nSPS) is 28.8. The van der Waals surface area contributed by atoms with Crippen LogP contribution in [0.1, 0.15) is 50.8 Å². The second-order valence-corrected chi connectivity index (χ2v) is 7.29. The molecule has 0 aromatic heterocycles. The molecule has 0 saturated carbocycles. The predicted octanol–water partition coefficient (Wildman–Crippen LogP) is 3.38. The summed E-state index contributed by atoms with van der Waals surface area (Å²) in [5.74, 6) is 0. The van der Waals surface area contributed by atoms with E-state index in [1.807, 2.05) is 0 Å². The minimum Gasteiger partial charge on any atom is -0.309 e. The van der Waals surface area contributed by atoms with Gasteiger partial charge >= 0.3 is 0 Å². The summed E-state index contributed by atoms with van der Waals surface area (Å²) in [6.07, 6.45) is 3.75. The van der Waals surface area contributed by atoms with Crippen molar-refractivity contribution in [1.29, 1.82) is 0 Å². The fraction of sp³-hybridized carbons (Fsp3) is 0.667. The fourth-order valence-corrected chi connectivity index (χ4v) is 3.90. The number of likely N-dealkylation sites (tertiary alicyclic amines) is 1. The Balaban J connectivity index is 1.81. The molecule has 0 radical (unpaired) electrons. The summed E-state index contributed by atoms with van der Waals surface area (Å²) < 4.78 is 0. The Labute approximate surface area is 123 Å². The molecule has 1 fully saturated rings. The Hall–Kier alpha value is -0.860. The predicted molar refractivity (Wildman–Crippen MR) is 84.9 cm³/mol. The fourth-order valence-electron chi connectivity index (χ4n) is 3.90. The highest BCUT2D eigenvalue weighted by molar-refractivity contribution is 5.37. The lowest BCUT2D eigenvalue weighted by molar-refractivity contribution is 0.185. The molecule has 1 heterocycles. The molecular formula is C18H28N2. The average Bonchev–Trinajstić information content (AvgIpc) is 2.96. The van der Waals surface area contributed by atoms with Gasteiger partial charge in [0.15, 0.2) is 0 Å². The standard InChI is InChI=1S/C18H28N2/c1-4-10-19-17-15-8-6-5-7-14(15)12-16(17)20-11-9-18(2,3)13-20/h5-8,16-17,19H,4,9-13H2,1-3H3. The van der Waals surface area contributed by atoms with Crippen molar-refractivity contribution in [3.05, 3.63) is 35.4 Å². The van der Waals surface area contributed by atoms with Gasteiger partial charge in [-0.25, -0.2) is 0 Å². The van der Waals surface area contributed by atoms with Crippen LogP contribution in [0.4, 0.5) is 0 Å². The van der Waals surface area contributed by atoms with E-state index in [9.17, 15) is 0 Å². The number of rotatable bonds is 4. The van der Waals surface area contributed by atoms with E-state index in [-0.39, 0.29) is 0 Å². The number of fused-ring (bicyclic) bond motifs is 1. The maximum atomic E-state index is 3.80. The highest BCUT2D eigenvalue weighted by Gasteiger charge is 2.40. The molecule has 1 saturated heterocycles. The van der Waals surface area contributed by atoms with E-state index < -0.39 is 0 Å². The van der Waals surface area contributed by atoms with Crippen LogP contribution in [-0.2, 0) is 6.42 Å². The van der Waals surface area contributed by atoms with Crippen LogP contribution in [0.15, 0.2) is 24.3 Å². The summed E-state index contributed by atoms with van der Waals surface area (Å²) in [4.78, 5) is 2.73. The SMILES string of the molecule is CCCNC1c2ccccc2CC1N1CCC(C)(C)C1. The Bertz CT molecular complexity index is 466. The number of nitrogens with zero attached hydrogens (tertiary/aromatic N) is 1. The third kappa shape index (κ3) is 2.64. The third-order valence-electron chi connectivity index (χ3n) is 4.99. The van der Waals surface area contributed by atoms with Gasteiger partial charge in [-0.2, -0.15) is 0 Å². The van der Waals surface area contributed by atoms with E-state index in [4.69, 9.17) is 0 Å². The van der Waals surface area contributed by atoms with E-state index >= 15 is 0 Å². The van der Waals surface area contributed by atoms with E-state index in [0.29, 0.717) is 17.5 Å². The lowest BCUT2D eigenvalue weighted by atomic mass is 9.93. The highest BCUT2D eigenvalue weighted by atomic mass is 15.2. The Morgan fingerprint density at radius 3 is 2.80 bits per heavy atom. The molecule has 20 heavy (non-hydrogen) atoms. The smallest absolute Gasteiger partial charge is 0.0484 e. The second-order valence-electron chi connectivity index (χ2n) is 7.29. The summed E-state index contributed by atoms with van der Waals surface area (Å²) in [6, 6.07) is 10.2. The molecule has 2 nitrogen and oxygen atoms in total. The van der Waals surface area contributed by atoms with Crippen molar-refractivity contribution in [2.45, 2.75) is 52.1 Å². The molecular weight excluding hydrogens is 244 g/mol. The van der Waals surface area contributed by atoms with Crippen molar-refractivity contribution < 1.29 is 0 Å². The van der Waals surface area contributed by atoms with Crippen LogP contribution in [0.25, 0.3) is 0 Å². The molecule has 0 spiro atoms. The zero-order chi connectivity index (χ0) is 14.2. The number of nitrogens with one attached hydrogen (secondary N) is 1. The molecule has 110 valence electrons. The van der Waals surface area contributed by atoms with Crippen LogP contribution in [0.2, 0.25) is 0 Å². The lowest BCUT2D eigenvalue weighted by Gasteiger charge is -2.31. The van der Waals surface area contributed by atoms with Gasteiger partial charge in [-0.15, -0.1) is 0 Å². The molecule has 1 aliphatic carbocycles. The zero-order valence-corrected chi connectivity index (χ0v) is 13.2. The van der Waals surface area contributed by atoms with E-state index in [1.165, 1.54) is 37.9 Å². The van der Waals surface area contributed by atoms with Gasteiger partial charge in [0.05, 0.1) is 0 Å². The Kier molecular flexibility index (Phi) is 3.87. The number of benzene rings is 1. The Morgan fingerprint density at radius 1 is 1.30 bits per heavy atom. The molecule has 1 aromatic carbocycles. The molecule has 0 bridgehead atoms. The van der Waals surface area contributed by atoms with Crippen LogP contribution < -0.4 is 5.32 Å². The van der Waals surface area contributed by atoms with Gasteiger partial charge in [-0.05, 0) is 48.9 Å². The average molecular weight is 272 g/mol. The molecule has 1 aliphatic heterocycles. The molecule has 3 rings (SSSR count). The van der Waals surface area contributed by atoms with Gasteiger partial charge in [-0.3, -0.25) is 4.90 Å². The van der Waals surface area contributed by atoms with Crippen molar-refractivity contribution >= 4 is 0 Å². The maximum absolute atomic E-state index is 3.80. The lowest BCUT2D eigenvalue weighted by Crippen LogP contribution is -2.42. The Morgan fingerprint density at radius 2 is 2.10 bits per heavy atom. The van der Waals surface area contributed by atoms with E-state index in [2.05, 4.69) is 55.3 Å². The molecule has 1 aromatic rings. The summed E-state index contributed by atoms with van der Waals surface area (Å²) in [5.41, 5.74) is 3.58. The van der Waals surface area contributed by atoms with Crippen molar-refractivity contribution in [2.24, 2.45) is 5.41 Å². The highest BCUT2D eigenvalue weighted by Crippen LogP contribution is 2.39. The molecule has 2 aliphatic rings. The van der Waals surface area contributed by atoms with Gasteiger partial charge in [0, 0.05) is 18.6 Å². The van der Waals surface area contributed by atoms with Gasteiger partial charge in [0.2, 0.25) is 0 Å². The molecule has 2 heteroatoms. The van der Waals surface area contributed by atoms with Crippen LogP contribution in [0.3, 0.4) is 0 Å². The number of hydrogen-bond donors (Lipinski definition) is 1. The second kappa shape index (κ2) is 5.50. The van der Waals surface area contributed by atoms with Crippen molar-refractivity contribution in [2.75, 3.05) is 19.6 Å². The summed E-state index contributed by atoms with van der Waals surface area (Å²) >= 11 is 0. The van der Waals surface area contributed by atoms with Crippen molar-refractivity contribution in [3.63, 3.8) is 0 Å². The third-order valence-corrected chi connectivity index (χ3v) is 4.99. The summed E-state index contributed by atoms with van der Waals surface area (Å²) in [5, 5.41) is 3.80. The zero-order valence-electron chi connectivity index (χ0n) is 13.2. The van der Waals surface area contributed by atoms with Crippen molar-refractivity contribution in [3.8, 4) is 0 Å². The van der Waals surface area contributed by atoms with E-state index in [0.717, 1.165) is 6.54 Å². The minimum atomic E-state index is 0.490. The molecule has 2 unspecified atom stereocenters. The summed E-state index contributed by atoms with van der Waals surface area (Å²) in [7, 11) is 0. The van der Waals surface area contributed by atoms with E-state index in [1.54, 1.807) is 5.56 Å². The van der Waals surface area contributed by atoms with Crippen molar-refractivity contribution in [1.82, 2.24) is 10.2 Å². The van der Waals surface area contributed by atoms with Gasteiger partial charge in [0.25, 0.3) is 0 Å². The summed E-state index contributed by atoms with van der Waals surface area (Å²) in [6.45, 7) is 10.7. The minimum absolute atomic E-state index is 0.490. The largest absolute Gasteiger partial charge is 0.309 e. The van der Waals surface area contributed by atoms with Gasteiger partial charge in [-0.1, -0.05) is 45.0 Å². The molecule has 1 N–H and O–H groups in total.